The maximum Gasteiger partial charge on any atom is 0.287 e. The Kier molecular flexibility index (Phi) is 5.91. The Balaban J connectivity index is 1.09. The average molecular weight is 426 g/mol. The van der Waals surface area contributed by atoms with Crippen molar-refractivity contribution in [3.63, 3.8) is 0 Å². The summed E-state index contributed by atoms with van der Waals surface area (Å²) in [6, 6.07) is 7.56. The molecule has 1 atom stereocenters. The summed E-state index contributed by atoms with van der Waals surface area (Å²) in [6.45, 7) is 5.34. The fourth-order valence-corrected chi connectivity index (χ4v) is 4.66. The van der Waals surface area contributed by atoms with Crippen LogP contribution in [-0.4, -0.2) is 83.6 Å². The lowest BCUT2D eigenvalue weighted by Crippen LogP contribution is -2.52. The number of para-hydroxylation sites is 2. The molecule has 2 aliphatic heterocycles. The van der Waals surface area contributed by atoms with Crippen molar-refractivity contribution in [2.45, 2.75) is 31.8 Å². The van der Waals surface area contributed by atoms with Gasteiger partial charge < -0.3 is 24.8 Å². The SMILES string of the molecule is O=C(NCC1CN(CC2CCN(CC3CC3)CC2)C(=O)CO1)c1nc2ccccc2[nH]1. The number of morpholine rings is 1. The van der Waals surface area contributed by atoms with E-state index < -0.39 is 0 Å². The number of aromatic amines is 1. The molecule has 0 radical (unpaired) electrons. The molecule has 2 amide bonds. The second kappa shape index (κ2) is 8.96. The Morgan fingerprint density at radius 2 is 1.90 bits per heavy atom. The van der Waals surface area contributed by atoms with Crippen LogP contribution in [0.1, 0.15) is 36.3 Å². The van der Waals surface area contributed by atoms with Gasteiger partial charge in [-0.2, -0.15) is 0 Å². The molecule has 1 aliphatic carbocycles. The fraction of sp³-hybridized carbons (Fsp3) is 0.609. The van der Waals surface area contributed by atoms with E-state index in [1.807, 2.05) is 29.2 Å². The van der Waals surface area contributed by atoms with Crippen LogP contribution in [0.15, 0.2) is 24.3 Å². The number of ether oxygens (including phenoxy) is 1. The number of rotatable bonds is 7. The standard InChI is InChI=1S/C23H31N5O3/c29-21-15-31-18(11-24-23(30)22-25-19-3-1-2-4-20(19)26-22)14-28(21)13-17-7-9-27(10-8-17)12-16-5-6-16/h1-4,16-18H,5-15H2,(H,24,30)(H,25,26). The predicted octanol–water partition coefficient (Wildman–Crippen LogP) is 1.64. The van der Waals surface area contributed by atoms with Gasteiger partial charge in [0.15, 0.2) is 5.82 Å². The number of H-pyrrole nitrogens is 1. The van der Waals surface area contributed by atoms with Gasteiger partial charge in [-0.1, -0.05) is 12.1 Å². The number of nitrogens with zero attached hydrogens (tertiary/aromatic N) is 3. The molecular formula is C23H31N5O3. The van der Waals surface area contributed by atoms with Gasteiger partial charge in [0.25, 0.3) is 5.91 Å². The van der Waals surface area contributed by atoms with Gasteiger partial charge in [0, 0.05) is 26.2 Å². The van der Waals surface area contributed by atoms with Crippen molar-refractivity contribution in [1.29, 1.82) is 0 Å². The first-order valence-electron chi connectivity index (χ1n) is 11.5. The zero-order chi connectivity index (χ0) is 21.2. The largest absolute Gasteiger partial charge is 0.365 e. The number of nitrogens with one attached hydrogen (secondary N) is 2. The highest BCUT2D eigenvalue weighted by Gasteiger charge is 2.31. The van der Waals surface area contributed by atoms with Gasteiger partial charge in [0.1, 0.15) is 6.61 Å². The highest BCUT2D eigenvalue weighted by molar-refractivity contribution is 5.94. The minimum Gasteiger partial charge on any atom is -0.365 e. The van der Waals surface area contributed by atoms with Crippen molar-refractivity contribution in [1.82, 2.24) is 25.1 Å². The quantitative estimate of drug-likeness (QED) is 0.704. The number of amides is 2. The highest BCUT2D eigenvalue weighted by Crippen LogP contribution is 2.31. The number of imidazole rings is 1. The molecule has 1 saturated carbocycles. The zero-order valence-corrected chi connectivity index (χ0v) is 17.9. The van der Waals surface area contributed by atoms with Crippen LogP contribution in [-0.2, 0) is 9.53 Å². The summed E-state index contributed by atoms with van der Waals surface area (Å²) in [7, 11) is 0. The maximum absolute atomic E-state index is 12.5. The lowest BCUT2D eigenvalue weighted by atomic mass is 9.95. The van der Waals surface area contributed by atoms with E-state index in [0.29, 0.717) is 24.8 Å². The Hall–Kier alpha value is -2.45. The van der Waals surface area contributed by atoms with Crippen LogP contribution in [0.3, 0.4) is 0 Å². The molecule has 8 heteroatoms. The summed E-state index contributed by atoms with van der Waals surface area (Å²) in [5.74, 6) is 1.59. The first-order chi connectivity index (χ1) is 15.1. The smallest absolute Gasteiger partial charge is 0.287 e. The Morgan fingerprint density at radius 3 is 2.68 bits per heavy atom. The molecular weight excluding hydrogens is 394 g/mol. The van der Waals surface area contributed by atoms with E-state index in [1.165, 1.54) is 19.4 Å². The minimum absolute atomic E-state index is 0.0558. The summed E-state index contributed by atoms with van der Waals surface area (Å²) >= 11 is 0. The molecule has 3 fully saturated rings. The van der Waals surface area contributed by atoms with Crippen molar-refractivity contribution in [3.8, 4) is 0 Å². The van der Waals surface area contributed by atoms with Crippen LogP contribution in [0.5, 0.6) is 0 Å². The monoisotopic (exact) mass is 425 g/mol. The minimum atomic E-state index is -0.258. The van der Waals surface area contributed by atoms with E-state index in [2.05, 4.69) is 20.2 Å². The number of carbonyl (C=O) groups excluding carboxylic acids is 2. The third-order valence-corrected chi connectivity index (χ3v) is 6.71. The van der Waals surface area contributed by atoms with Crippen LogP contribution in [0, 0.1) is 11.8 Å². The second-order valence-corrected chi connectivity index (χ2v) is 9.23. The molecule has 166 valence electrons. The Morgan fingerprint density at radius 1 is 1.13 bits per heavy atom. The third kappa shape index (κ3) is 5.07. The van der Waals surface area contributed by atoms with Crippen molar-refractivity contribution in [2.75, 3.05) is 45.9 Å². The van der Waals surface area contributed by atoms with E-state index in [0.717, 1.165) is 49.4 Å². The number of hydrogen-bond donors (Lipinski definition) is 2. The van der Waals surface area contributed by atoms with Crippen molar-refractivity contribution in [2.24, 2.45) is 11.8 Å². The van der Waals surface area contributed by atoms with Crippen molar-refractivity contribution < 1.29 is 14.3 Å². The molecule has 1 unspecified atom stereocenters. The summed E-state index contributed by atoms with van der Waals surface area (Å²) in [4.78, 5) is 36.8. The molecule has 3 aliphatic rings. The van der Waals surface area contributed by atoms with E-state index in [9.17, 15) is 9.59 Å². The van der Waals surface area contributed by atoms with Crippen LogP contribution < -0.4 is 5.32 Å². The third-order valence-electron chi connectivity index (χ3n) is 6.71. The first kappa shape index (κ1) is 20.5. The van der Waals surface area contributed by atoms with Gasteiger partial charge >= 0.3 is 0 Å². The molecule has 3 heterocycles. The number of aromatic nitrogens is 2. The molecule has 2 saturated heterocycles. The normalized spacial score (nSPS) is 23.4. The lowest BCUT2D eigenvalue weighted by Gasteiger charge is -2.38. The van der Waals surface area contributed by atoms with Crippen LogP contribution in [0.2, 0.25) is 0 Å². The van der Waals surface area contributed by atoms with Gasteiger partial charge in [-0.3, -0.25) is 9.59 Å². The fourth-order valence-electron chi connectivity index (χ4n) is 4.66. The van der Waals surface area contributed by atoms with Gasteiger partial charge in [-0.05, 0) is 62.7 Å². The zero-order valence-electron chi connectivity index (χ0n) is 17.9. The molecule has 1 aromatic carbocycles. The average Bonchev–Trinajstić information content (AvgIpc) is 3.49. The number of carbonyl (C=O) groups is 2. The first-order valence-corrected chi connectivity index (χ1v) is 11.5. The molecule has 2 aromatic rings. The topological polar surface area (TPSA) is 90.6 Å². The molecule has 8 nitrogen and oxygen atoms in total. The molecule has 5 rings (SSSR count). The van der Waals surface area contributed by atoms with E-state index in [1.54, 1.807) is 0 Å². The van der Waals surface area contributed by atoms with Gasteiger partial charge in [0.05, 0.1) is 17.1 Å². The van der Waals surface area contributed by atoms with E-state index >= 15 is 0 Å². The predicted molar refractivity (Wildman–Crippen MR) is 117 cm³/mol. The summed E-state index contributed by atoms with van der Waals surface area (Å²) in [5, 5.41) is 2.90. The Bertz CT molecular complexity index is 899. The van der Waals surface area contributed by atoms with Crippen molar-refractivity contribution in [3.05, 3.63) is 30.1 Å². The highest BCUT2D eigenvalue weighted by atomic mass is 16.5. The van der Waals surface area contributed by atoms with Crippen LogP contribution in [0.4, 0.5) is 0 Å². The number of hydrogen-bond acceptors (Lipinski definition) is 5. The Labute approximate surface area is 182 Å². The summed E-state index contributed by atoms with van der Waals surface area (Å²) < 4.78 is 5.68. The molecule has 1 aromatic heterocycles. The molecule has 0 spiro atoms. The number of piperidine rings is 1. The molecule has 2 N–H and O–H groups in total. The van der Waals surface area contributed by atoms with Crippen LogP contribution in [0.25, 0.3) is 11.0 Å². The van der Waals surface area contributed by atoms with Gasteiger partial charge in [0.2, 0.25) is 5.91 Å². The van der Waals surface area contributed by atoms with E-state index in [-0.39, 0.29) is 24.5 Å². The lowest BCUT2D eigenvalue weighted by molar-refractivity contribution is -0.149. The summed E-state index contributed by atoms with van der Waals surface area (Å²) in [5.41, 5.74) is 1.60. The number of fused-ring (bicyclic) bond motifs is 1. The van der Waals surface area contributed by atoms with Crippen LogP contribution >= 0.6 is 0 Å². The molecule has 0 bridgehead atoms. The number of benzene rings is 1. The van der Waals surface area contributed by atoms with E-state index in [4.69, 9.17) is 4.74 Å². The number of likely N-dealkylation sites (tertiary alicyclic amines) is 1. The second-order valence-electron chi connectivity index (χ2n) is 9.23. The summed E-state index contributed by atoms with van der Waals surface area (Å²) in [6.07, 6.45) is 4.92. The van der Waals surface area contributed by atoms with Gasteiger partial charge in [-0.15, -0.1) is 0 Å². The van der Waals surface area contributed by atoms with Crippen molar-refractivity contribution >= 4 is 22.8 Å². The molecule has 31 heavy (non-hydrogen) atoms. The van der Waals surface area contributed by atoms with Gasteiger partial charge in [-0.25, -0.2) is 4.98 Å². The maximum atomic E-state index is 12.5.